The Morgan fingerprint density at radius 3 is 3.10 bits per heavy atom. The number of rotatable bonds is 7. The van der Waals surface area contributed by atoms with Gasteiger partial charge in [0.05, 0.1) is 12.4 Å². The molecule has 1 N–H and O–H groups in total. The maximum Gasteiger partial charge on any atom is 0.230 e. The molecule has 2 unspecified atom stereocenters. The molecule has 6 nitrogen and oxygen atoms in total. The van der Waals surface area contributed by atoms with Crippen LogP contribution in [0.5, 0.6) is 0 Å². The number of nitrogens with one attached hydrogen (secondary N) is 1. The maximum absolute atomic E-state index is 12.1. The van der Waals surface area contributed by atoms with Crippen LogP contribution in [-0.4, -0.2) is 46.2 Å². The predicted octanol–water partition coefficient (Wildman–Crippen LogP) is 1.71. The van der Waals surface area contributed by atoms with Gasteiger partial charge in [0.2, 0.25) is 5.91 Å². The number of hydrogen-bond acceptors (Lipinski definition) is 5. The van der Waals surface area contributed by atoms with Gasteiger partial charge < -0.3 is 14.6 Å². The van der Waals surface area contributed by atoms with Crippen molar-refractivity contribution in [3.63, 3.8) is 0 Å². The molecule has 21 heavy (non-hydrogen) atoms. The summed E-state index contributed by atoms with van der Waals surface area (Å²) in [4.78, 5) is 12.1. The molecule has 1 aliphatic carbocycles. The number of carbonyl (C=O) groups is 1. The molecule has 2 atom stereocenters. The van der Waals surface area contributed by atoms with E-state index in [0.29, 0.717) is 30.9 Å². The molecule has 1 aliphatic rings. The Morgan fingerprint density at radius 2 is 2.33 bits per heavy atom. The Hall–Kier alpha value is -1.08. The van der Waals surface area contributed by atoms with E-state index < -0.39 is 0 Å². The van der Waals surface area contributed by atoms with Crippen LogP contribution < -0.4 is 5.32 Å². The number of nitrogens with zero attached hydrogens (tertiary/aromatic N) is 3. The quantitative estimate of drug-likeness (QED) is 0.776. The summed E-state index contributed by atoms with van der Waals surface area (Å²) in [5, 5.41) is 11.8. The highest BCUT2D eigenvalue weighted by Gasteiger charge is 2.22. The zero-order valence-electron chi connectivity index (χ0n) is 12.7. The Kier molecular flexibility index (Phi) is 6.50. The highest BCUT2D eigenvalue weighted by Crippen LogP contribution is 2.24. The Morgan fingerprint density at radius 1 is 1.52 bits per heavy atom. The number of ether oxygens (including phenoxy) is 1. The fourth-order valence-electron chi connectivity index (χ4n) is 2.61. The molecule has 1 heterocycles. The van der Waals surface area contributed by atoms with Crippen LogP contribution in [0.3, 0.4) is 0 Å². The van der Waals surface area contributed by atoms with Crippen LogP contribution in [-0.2, 0) is 16.1 Å². The van der Waals surface area contributed by atoms with Gasteiger partial charge in [0.15, 0.2) is 5.16 Å². The second-order valence-electron chi connectivity index (χ2n) is 5.52. The second kappa shape index (κ2) is 8.38. The van der Waals surface area contributed by atoms with Crippen LogP contribution in [0.4, 0.5) is 0 Å². The molecule has 2 rings (SSSR count). The molecule has 118 valence electrons. The lowest BCUT2D eigenvalue weighted by Gasteiger charge is -2.29. The number of thioether (sulfide) groups is 1. The normalized spacial score (nSPS) is 22.2. The first-order valence-corrected chi connectivity index (χ1v) is 8.48. The number of hydrogen-bond donors (Lipinski definition) is 1. The topological polar surface area (TPSA) is 69.0 Å². The molecule has 1 aromatic heterocycles. The van der Waals surface area contributed by atoms with Gasteiger partial charge in [-0.25, -0.2) is 0 Å². The zero-order chi connectivity index (χ0) is 15.1. The van der Waals surface area contributed by atoms with Crippen molar-refractivity contribution in [1.29, 1.82) is 0 Å². The van der Waals surface area contributed by atoms with Gasteiger partial charge in [-0.3, -0.25) is 4.79 Å². The third-order valence-electron chi connectivity index (χ3n) is 3.91. The lowest BCUT2D eigenvalue weighted by atomic mass is 9.86. The van der Waals surface area contributed by atoms with Crippen molar-refractivity contribution in [2.24, 2.45) is 5.92 Å². The molecule has 0 aromatic carbocycles. The molecule has 0 bridgehead atoms. The van der Waals surface area contributed by atoms with Crippen molar-refractivity contribution in [3.05, 3.63) is 6.33 Å². The van der Waals surface area contributed by atoms with Crippen molar-refractivity contribution >= 4 is 17.7 Å². The van der Waals surface area contributed by atoms with Crippen LogP contribution in [0.25, 0.3) is 0 Å². The third-order valence-corrected chi connectivity index (χ3v) is 4.89. The average molecular weight is 312 g/mol. The van der Waals surface area contributed by atoms with Crippen molar-refractivity contribution in [2.75, 3.05) is 19.5 Å². The van der Waals surface area contributed by atoms with Crippen molar-refractivity contribution < 1.29 is 9.53 Å². The van der Waals surface area contributed by atoms with E-state index >= 15 is 0 Å². The predicted molar refractivity (Wildman–Crippen MR) is 82.2 cm³/mol. The maximum atomic E-state index is 12.1. The SMILES string of the molecule is COCCn1cnnc1SCC(=O)NC1CCCCC1C. The molecular formula is C14H24N4O2S. The van der Waals surface area contributed by atoms with Gasteiger partial charge in [-0.15, -0.1) is 10.2 Å². The van der Waals surface area contributed by atoms with Gasteiger partial charge in [0.25, 0.3) is 0 Å². The van der Waals surface area contributed by atoms with Crippen LogP contribution in [0.1, 0.15) is 32.6 Å². The van der Waals surface area contributed by atoms with E-state index in [9.17, 15) is 4.79 Å². The van der Waals surface area contributed by atoms with Crippen LogP contribution in [0.15, 0.2) is 11.5 Å². The second-order valence-corrected chi connectivity index (χ2v) is 6.47. The molecule has 1 aromatic rings. The molecule has 0 radical (unpaired) electrons. The lowest BCUT2D eigenvalue weighted by Crippen LogP contribution is -2.41. The molecule has 1 amide bonds. The van der Waals surface area contributed by atoms with E-state index in [2.05, 4.69) is 22.4 Å². The molecule has 0 saturated heterocycles. The van der Waals surface area contributed by atoms with Gasteiger partial charge in [-0.1, -0.05) is 31.5 Å². The Bertz CT molecular complexity index is 452. The summed E-state index contributed by atoms with van der Waals surface area (Å²) >= 11 is 1.42. The van der Waals surface area contributed by atoms with E-state index in [-0.39, 0.29) is 5.91 Å². The van der Waals surface area contributed by atoms with Gasteiger partial charge in [-0.2, -0.15) is 0 Å². The molecule has 7 heteroatoms. The fraction of sp³-hybridized carbons (Fsp3) is 0.786. The Balaban J connectivity index is 1.77. The van der Waals surface area contributed by atoms with E-state index in [4.69, 9.17) is 4.74 Å². The first-order chi connectivity index (χ1) is 10.2. The van der Waals surface area contributed by atoms with E-state index in [0.717, 1.165) is 11.6 Å². The first kappa shape index (κ1) is 16.3. The monoisotopic (exact) mass is 312 g/mol. The smallest absolute Gasteiger partial charge is 0.230 e. The lowest BCUT2D eigenvalue weighted by molar-refractivity contribution is -0.119. The van der Waals surface area contributed by atoms with Crippen LogP contribution >= 0.6 is 11.8 Å². The number of carbonyl (C=O) groups excluding carboxylic acids is 1. The molecular weight excluding hydrogens is 288 g/mol. The summed E-state index contributed by atoms with van der Waals surface area (Å²) in [6.45, 7) is 3.53. The summed E-state index contributed by atoms with van der Waals surface area (Å²) in [7, 11) is 1.66. The van der Waals surface area contributed by atoms with Crippen LogP contribution in [0, 0.1) is 5.92 Å². The van der Waals surface area contributed by atoms with Gasteiger partial charge in [0, 0.05) is 19.7 Å². The van der Waals surface area contributed by atoms with Gasteiger partial charge in [-0.05, 0) is 18.8 Å². The highest BCUT2D eigenvalue weighted by atomic mass is 32.2. The minimum atomic E-state index is 0.0834. The largest absolute Gasteiger partial charge is 0.383 e. The zero-order valence-corrected chi connectivity index (χ0v) is 13.6. The van der Waals surface area contributed by atoms with Gasteiger partial charge >= 0.3 is 0 Å². The van der Waals surface area contributed by atoms with Crippen molar-refractivity contribution in [1.82, 2.24) is 20.1 Å². The minimum Gasteiger partial charge on any atom is -0.383 e. The first-order valence-electron chi connectivity index (χ1n) is 7.49. The van der Waals surface area contributed by atoms with Crippen molar-refractivity contribution in [3.8, 4) is 0 Å². The fourth-order valence-corrected chi connectivity index (χ4v) is 3.36. The standard InChI is InChI=1S/C14H24N4O2S/c1-11-5-3-4-6-12(11)16-13(19)9-21-14-17-15-10-18(14)7-8-20-2/h10-12H,3-9H2,1-2H3,(H,16,19). The summed E-state index contributed by atoms with van der Waals surface area (Å²) in [6, 6.07) is 0.332. The summed E-state index contributed by atoms with van der Waals surface area (Å²) < 4.78 is 6.95. The summed E-state index contributed by atoms with van der Waals surface area (Å²) in [5.41, 5.74) is 0. The van der Waals surface area contributed by atoms with E-state index in [1.165, 1.54) is 31.0 Å². The molecule has 1 saturated carbocycles. The van der Waals surface area contributed by atoms with Gasteiger partial charge in [0.1, 0.15) is 6.33 Å². The number of amides is 1. The number of methoxy groups -OCH3 is 1. The number of aromatic nitrogens is 3. The minimum absolute atomic E-state index is 0.0834. The Labute approximate surface area is 130 Å². The van der Waals surface area contributed by atoms with Crippen LogP contribution in [0.2, 0.25) is 0 Å². The summed E-state index contributed by atoms with van der Waals surface area (Å²) in [5.74, 6) is 1.05. The van der Waals surface area contributed by atoms with Crippen molar-refractivity contribution in [2.45, 2.75) is 50.4 Å². The molecule has 0 spiro atoms. The average Bonchev–Trinajstić information content (AvgIpc) is 2.93. The van der Waals surface area contributed by atoms with E-state index in [1.54, 1.807) is 13.4 Å². The molecule has 1 fully saturated rings. The summed E-state index contributed by atoms with van der Waals surface area (Å²) in [6.07, 6.45) is 6.48. The highest BCUT2D eigenvalue weighted by molar-refractivity contribution is 7.99. The third kappa shape index (κ3) is 5.00. The van der Waals surface area contributed by atoms with E-state index in [1.807, 2.05) is 4.57 Å². The molecule has 0 aliphatic heterocycles.